The first kappa shape index (κ1) is 12.6. The van der Waals surface area contributed by atoms with E-state index >= 15 is 0 Å². The van der Waals surface area contributed by atoms with Gasteiger partial charge in [-0.05, 0) is 31.0 Å². The molecule has 0 saturated heterocycles. The van der Waals surface area contributed by atoms with E-state index in [2.05, 4.69) is 58.9 Å². The summed E-state index contributed by atoms with van der Waals surface area (Å²) in [6.07, 6.45) is 2.53. The van der Waals surface area contributed by atoms with Crippen LogP contribution in [0.3, 0.4) is 0 Å². The summed E-state index contributed by atoms with van der Waals surface area (Å²) in [6.45, 7) is 6.71. The van der Waals surface area contributed by atoms with Gasteiger partial charge in [0.2, 0.25) is 0 Å². The molecule has 0 bridgehead atoms. The van der Waals surface area contributed by atoms with Crippen LogP contribution in [0.2, 0.25) is 0 Å². The Labute approximate surface area is 102 Å². The summed E-state index contributed by atoms with van der Waals surface area (Å²) < 4.78 is 0. The molecule has 0 radical (unpaired) electrons. The molecule has 0 amide bonds. The third-order valence-corrected chi connectivity index (χ3v) is 3.27. The molecule has 1 rings (SSSR count). The molecule has 1 nitrogen and oxygen atoms in total. The van der Waals surface area contributed by atoms with Gasteiger partial charge in [0, 0.05) is 24.1 Å². The molecule has 2 heteroatoms. The Morgan fingerprint density at radius 3 is 2.27 bits per heavy atom. The van der Waals surface area contributed by atoms with E-state index in [0.29, 0.717) is 0 Å². The molecular weight excluding hydrogens is 250 g/mol. The van der Waals surface area contributed by atoms with Crippen LogP contribution in [-0.2, 0) is 5.33 Å². The summed E-state index contributed by atoms with van der Waals surface area (Å²) in [7, 11) is 0. The van der Waals surface area contributed by atoms with Crippen molar-refractivity contribution >= 4 is 21.6 Å². The van der Waals surface area contributed by atoms with Crippen LogP contribution in [-0.4, -0.2) is 13.1 Å². The van der Waals surface area contributed by atoms with Gasteiger partial charge in [-0.25, -0.2) is 0 Å². The first-order valence-corrected chi connectivity index (χ1v) is 6.83. The van der Waals surface area contributed by atoms with Gasteiger partial charge in [-0.2, -0.15) is 0 Å². The lowest BCUT2D eigenvalue weighted by molar-refractivity contribution is 0.732. The SMILES string of the molecule is CCCCN(CC)c1ccc(CBr)cc1. The van der Waals surface area contributed by atoms with Gasteiger partial charge < -0.3 is 4.90 Å². The Morgan fingerprint density at radius 2 is 1.80 bits per heavy atom. The second-order valence-corrected chi connectivity index (χ2v) is 4.29. The predicted octanol–water partition coefficient (Wildman–Crippen LogP) is 4.21. The molecule has 0 heterocycles. The van der Waals surface area contributed by atoms with Crippen molar-refractivity contribution in [3.8, 4) is 0 Å². The molecule has 1 aromatic rings. The smallest absolute Gasteiger partial charge is 0.0366 e. The maximum atomic E-state index is 3.46. The minimum atomic E-state index is 0.939. The second kappa shape index (κ2) is 6.89. The van der Waals surface area contributed by atoms with E-state index in [0.717, 1.165) is 11.9 Å². The van der Waals surface area contributed by atoms with Crippen molar-refractivity contribution in [2.75, 3.05) is 18.0 Å². The lowest BCUT2D eigenvalue weighted by Gasteiger charge is -2.23. The minimum absolute atomic E-state index is 0.939. The van der Waals surface area contributed by atoms with Crippen LogP contribution in [0.1, 0.15) is 32.3 Å². The monoisotopic (exact) mass is 269 g/mol. The average Bonchev–Trinajstić information content (AvgIpc) is 2.31. The first-order chi connectivity index (χ1) is 7.31. The number of hydrogen-bond donors (Lipinski definition) is 0. The fourth-order valence-electron chi connectivity index (χ4n) is 1.61. The molecule has 0 aliphatic rings. The molecule has 0 atom stereocenters. The topological polar surface area (TPSA) is 3.24 Å². The van der Waals surface area contributed by atoms with Crippen molar-refractivity contribution in [3.05, 3.63) is 29.8 Å². The van der Waals surface area contributed by atoms with Gasteiger partial charge >= 0.3 is 0 Å². The van der Waals surface area contributed by atoms with E-state index in [1.165, 1.54) is 30.6 Å². The summed E-state index contributed by atoms with van der Waals surface area (Å²) in [5.41, 5.74) is 2.68. The number of unbranched alkanes of at least 4 members (excludes halogenated alkanes) is 1. The highest BCUT2D eigenvalue weighted by Gasteiger charge is 2.02. The Kier molecular flexibility index (Phi) is 5.77. The van der Waals surface area contributed by atoms with Crippen LogP contribution < -0.4 is 4.90 Å². The summed E-state index contributed by atoms with van der Waals surface area (Å²) in [4.78, 5) is 2.43. The van der Waals surface area contributed by atoms with Crippen LogP contribution in [0.5, 0.6) is 0 Å². The first-order valence-electron chi connectivity index (χ1n) is 5.71. The van der Waals surface area contributed by atoms with E-state index in [-0.39, 0.29) is 0 Å². The van der Waals surface area contributed by atoms with Crippen molar-refractivity contribution < 1.29 is 0 Å². The Bertz CT molecular complexity index is 268. The summed E-state index contributed by atoms with van der Waals surface area (Å²) in [5, 5.41) is 0.939. The zero-order chi connectivity index (χ0) is 11.1. The molecule has 0 aromatic heterocycles. The van der Waals surface area contributed by atoms with Gasteiger partial charge in [0.05, 0.1) is 0 Å². The van der Waals surface area contributed by atoms with Crippen LogP contribution in [0.4, 0.5) is 5.69 Å². The van der Waals surface area contributed by atoms with E-state index in [9.17, 15) is 0 Å². The van der Waals surface area contributed by atoms with Crippen molar-refractivity contribution in [1.82, 2.24) is 0 Å². The van der Waals surface area contributed by atoms with E-state index in [1.54, 1.807) is 0 Å². The molecule has 1 aromatic carbocycles. The quantitative estimate of drug-likeness (QED) is 0.700. The fraction of sp³-hybridized carbons (Fsp3) is 0.538. The minimum Gasteiger partial charge on any atom is -0.372 e. The summed E-state index contributed by atoms with van der Waals surface area (Å²) in [5.74, 6) is 0. The highest BCUT2D eigenvalue weighted by atomic mass is 79.9. The number of nitrogens with zero attached hydrogens (tertiary/aromatic N) is 1. The summed E-state index contributed by atoms with van der Waals surface area (Å²) >= 11 is 3.46. The van der Waals surface area contributed by atoms with Crippen molar-refractivity contribution in [2.24, 2.45) is 0 Å². The van der Waals surface area contributed by atoms with Gasteiger partial charge in [0.15, 0.2) is 0 Å². The molecule has 15 heavy (non-hydrogen) atoms. The van der Waals surface area contributed by atoms with Gasteiger partial charge in [-0.15, -0.1) is 0 Å². The number of rotatable bonds is 6. The van der Waals surface area contributed by atoms with Gasteiger partial charge in [0.1, 0.15) is 0 Å². The van der Waals surface area contributed by atoms with Crippen molar-refractivity contribution in [2.45, 2.75) is 32.0 Å². The third-order valence-electron chi connectivity index (χ3n) is 2.62. The van der Waals surface area contributed by atoms with Crippen molar-refractivity contribution in [1.29, 1.82) is 0 Å². The molecule has 0 aliphatic carbocycles. The highest BCUT2D eigenvalue weighted by molar-refractivity contribution is 9.08. The molecule has 84 valence electrons. The van der Waals surface area contributed by atoms with Gasteiger partial charge in [-0.1, -0.05) is 41.4 Å². The molecule has 0 N–H and O–H groups in total. The lowest BCUT2D eigenvalue weighted by Crippen LogP contribution is -2.23. The fourth-order valence-corrected chi connectivity index (χ4v) is 1.99. The predicted molar refractivity (Wildman–Crippen MR) is 71.9 cm³/mol. The lowest BCUT2D eigenvalue weighted by atomic mass is 10.2. The number of anilines is 1. The van der Waals surface area contributed by atoms with Crippen LogP contribution >= 0.6 is 15.9 Å². The molecule has 0 spiro atoms. The molecule has 0 unspecified atom stereocenters. The molecule has 0 aliphatic heterocycles. The number of alkyl halides is 1. The maximum absolute atomic E-state index is 3.46. The van der Waals surface area contributed by atoms with Gasteiger partial charge in [-0.3, -0.25) is 0 Å². The normalized spacial score (nSPS) is 10.3. The molecule has 0 saturated carbocycles. The Hall–Kier alpha value is -0.500. The number of halogens is 1. The Morgan fingerprint density at radius 1 is 1.13 bits per heavy atom. The largest absolute Gasteiger partial charge is 0.372 e. The molecule has 0 fully saturated rings. The van der Waals surface area contributed by atoms with Gasteiger partial charge in [0.25, 0.3) is 0 Å². The molecular formula is C13H20BrN. The number of benzene rings is 1. The van der Waals surface area contributed by atoms with E-state index in [1.807, 2.05) is 0 Å². The zero-order valence-corrected chi connectivity index (χ0v) is 11.3. The maximum Gasteiger partial charge on any atom is 0.0366 e. The Balaban J connectivity index is 2.65. The number of hydrogen-bond acceptors (Lipinski definition) is 1. The van der Waals surface area contributed by atoms with Crippen LogP contribution in [0.25, 0.3) is 0 Å². The summed E-state index contributed by atoms with van der Waals surface area (Å²) in [6, 6.07) is 8.82. The zero-order valence-electron chi connectivity index (χ0n) is 9.67. The van der Waals surface area contributed by atoms with E-state index < -0.39 is 0 Å². The standard InChI is InChI=1S/C13H20BrN/c1-3-5-10-15(4-2)13-8-6-12(11-14)7-9-13/h6-9H,3-5,10-11H2,1-2H3. The second-order valence-electron chi connectivity index (χ2n) is 3.73. The third kappa shape index (κ3) is 3.86. The highest BCUT2D eigenvalue weighted by Crippen LogP contribution is 2.17. The van der Waals surface area contributed by atoms with Crippen molar-refractivity contribution in [3.63, 3.8) is 0 Å². The van der Waals surface area contributed by atoms with Crippen LogP contribution in [0.15, 0.2) is 24.3 Å². The average molecular weight is 270 g/mol. The van der Waals surface area contributed by atoms with Crippen LogP contribution in [0, 0.1) is 0 Å². The van der Waals surface area contributed by atoms with E-state index in [4.69, 9.17) is 0 Å².